The summed E-state index contributed by atoms with van der Waals surface area (Å²) in [5.41, 5.74) is 8.07. The van der Waals surface area contributed by atoms with Crippen LogP contribution >= 0.6 is 23.2 Å². The van der Waals surface area contributed by atoms with Gasteiger partial charge in [-0.05, 0) is 12.5 Å². The van der Waals surface area contributed by atoms with Crippen LogP contribution in [0.15, 0.2) is 24.4 Å². The second-order valence-electron chi connectivity index (χ2n) is 4.15. The predicted molar refractivity (Wildman–Crippen MR) is 77.0 cm³/mol. The Balaban J connectivity index is 2.38. The molecule has 0 fully saturated rings. The first kappa shape index (κ1) is 13.2. The van der Waals surface area contributed by atoms with Gasteiger partial charge in [-0.3, -0.25) is 4.68 Å². The predicted octanol–water partition coefficient (Wildman–Crippen LogP) is 4.24. The first-order chi connectivity index (χ1) is 8.63. The van der Waals surface area contributed by atoms with Gasteiger partial charge in [-0.15, -0.1) is 0 Å². The van der Waals surface area contributed by atoms with Crippen molar-refractivity contribution in [2.75, 3.05) is 5.73 Å². The van der Waals surface area contributed by atoms with Gasteiger partial charge in [0.25, 0.3) is 0 Å². The summed E-state index contributed by atoms with van der Waals surface area (Å²) in [6, 6.07) is 5.46. The molecule has 0 saturated carbocycles. The molecule has 0 aliphatic rings. The Labute approximate surface area is 117 Å². The third kappa shape index (κ3) is 2.62. The molecular weight excluding hydrogens is 269 g/mol. The molecule has 0 aliphatic heterocycles. The third-order valence-corrected chi connectivity index (χ3v) is 3.56. The van der Waals surface area contributed by atoms with E-state index >= 15 is 0 Å². The summed E-state index contributed by atoms with van der Waals surface area (Å²) in [6.07, 6.45) is 4.03. The molecule has 0 aliphatic carbocycles. The molecule has 0 bridgehead atoms. The summed E-state index contributed by atoms with van der Waals surface area (Å²) in [5, 5.41) is 5.47. The number of unbranched alkanes of at least 4 members (excludes halogenated alkanes) is 1. The zero-order chi connectivity index (χ0) is 13.1. The zero-order valence-corrected chi connectivity index (χ0v) is 11.7. The van der Waals surface area contributed by atoms with Crippen molar-refractivity contribution in [2.24, 2.45) is 0 Å². The minimum atomic E-state index is 0.492. The van der Waals surface area contributed by atoms with Crippen molar-refractivity contribution in [3.05, 3.63) is 34.4 Å². The number of rotatable bonds is 4. The largest absolute Gasteiger partial charge is 0.396 e. The smallest absolute Gasteiger partial charge is 0.117 e. The maximum absolute atomic E-state index is 6.18. The minimum absolute atomic E-state index is 0.492. The lowest BCUT2D eigenvalue weighted by Crippen LogP contribution is -1.98. The van der Waals surface area contributed by atoms with Gasteiger partial charge in [0.2, 0.25) is 0 Å². The van der Waals surface area contributed by atoms with E-state index in [-0.39, 0.29) is 0 Å². The normalized spacial score (nSPS) is 10.8. The van der Waals surface area contributed by atoms with Gasteiger partial charge in [-0.2, -0.15) is 5.10 Å². The highest BCUT2D eigenvalue weighted by atomic mass is 35.5. The molecule has 2 N–H and O–H groups in total. The molecule has 5 heteroatoms. The van der Waals surface area contributed by atoms with Crippen LogP contribution in [-0.4, -0.2) is 9.78 Å². The second kappa shape index (κ2) is 5.63. The van der Waals surface area contributed by atoms with E-state index in [1.165, 1.54) is 0 Å². The Morgan fingerprint density at radius 2 is 2.11 bits per heavy atom. The SMILES string of the molecule is CCCCn1cc(N)c(-c2cccc(Cl)c2Cl)n1. The van der Waals surface area contributed by atoms with Crippen molar-refractivity contribution < 1.29 is 0 Å². The highest BCUT2D eigenvalue weighted by molar-refractivity contribution is 6.43. The molecule has 96 valence electrons. The lowest BCUT2D eigenvalue weighted by molar-refractivity contribution is 0.573. The molecule has 1 heterocycles. The van der Waals surface area contributed by atoms with E-state index in [0.29, 0.717) is 21.4 Å². The molecule has 0 saturated heterocycles. The van der Waals surface area contributed by atoms with Gasteiger partial charge in [-0.25, -0.2) is 0 Å². The number of hydrogen-bond acceptors (Lipinski definition) is 2. The van der Waals surface area contributed by atoms with Crippen LogP contribution in [0.4, 0.5) is 5.69 Å². The minimum Gasteiger partial charge on any atom is -0.396 e. The van der Waals surface area contributed by atoms with Crippen molar-refractivity contribution in [1.29, 1.82) is 0 Å². The Morgan fingerprint density at radius 1 is 1.33 bits per heavy atom. The van der Waals surface area contributed by atoms with Gasteiger partial charge >= 0.3 is 0 Å². The van der Waals surface area contributed by atoms with E-state index in [0.717, 1.165) is 24.9 Å². The average Bonchev–Trinajstić information content (AvgIpc) is 2.71. The van der Waals surface area contributed by atoms with Crippen LogP contribution in [0, 0.1) is 0 Å². The molecule has 1 aromatic carbocycles. The Kier molecular flexibility index (Phi) is 4.15. The molecule has 0 radical (unpaired) electrons. The molecule has 0 unspecified atom stereocenters. The molecule has 18 heavy (non-hydrogen) atoms. The lowest BCUT2D eigenvalue weighted by atomic mass is 10.1. The number of nitrogen functional groups attached to an aromatic ring is 1. The quantitative estimate of drug-likeness (QED) is 0.912. The lowest BCUT2D eigenvalue weighted by Gasteiger charge is -2.03. The number of anilines is 1. The Morgan fingerprint density at radius 3 is 2.83 bits per heavy atom. The van der Waals surface area contributed by atoms with E-state index in [2.05, 4.69) is 12.0 Å². The molecule has 0 spiro atoms. The van der Waals surface area contributed by atoms with Gasteiger partial charge in [0, 0.05) is 18.3 Å². The van der Waals surface area contributed by atoms with Crippen molar-refractivity contribution in [3.63, 3.8) is 0 Å². The molecular formula is C13H15Cl2N3. The number of aromatic nitrogens is 2. The maximum atomic E-state index is 6.18. The number of halogens is 2. The molecule has 2 aromatic rings. The molecule has 0 atom stereocenters. The number of hydrogen-bond donors (Lipinski definition) is 1. The maximum Gasteiger partial charge on any atom is 0.117 e. The Bertz CT molecular complexity index is 549. The van der Waals surface area contributed by atoms with Gasteiger partial charge in [0.15, 0.2) is 0 Å². The number of nitrogens with two attached hydrogens (primary N) is 1. The first-order valence-electron chi connectivity index (χ1n) is 5.90. The van der Waals surface area contributed by atoms with Gasteiger partial charge in [0.1, 0.15) is 5.69 Å². The highest BCUT2D eigenvalue weighted by Gasteiger charge is 2.13. The second-order valence-corrected chi connectivity index (χ2v) is 4.94. The number of aryl methyl sites for hydroxylation is 1. The van der Waals surface area contributed by atoms with Crippen LogP contribution in [0.1, 0.15) is 19.8 Å². The molecule has 0 amide bonds. The summed E-state index contributed by atoms with van der Waals surface area (Å²) in [5.74, 6) is 0. The average molecular weight is 284 g/mol. The van der Waals surface area contributed by atoms with Crippen LogP contribution in [0.3, 0.4) is 0 Å². The fraction of sp³-hybridized carbons (Fsp3) is 0.308. The fourth-order valence-electron chi connectivity index (χ4n) is 1.77. The topological polar surface area (TPSA) is 43.8 Å². The van der Waals surface area contributed by atoms with Crippen molar-refractivity contribution in [3.8, 4) is 11.3 Å². The molecule has 1 aromatic heterocycles. The van der Waals surface area contributed by atoms with Gasteiger partial charge in [-0.1, -0.05) is 48.7 Å². The molecule has 2 rings (SSSR count). The summed E-state index contributed by atoms with van der Waals surface area (Å²) >= 11 is 12.2. The van der Waals surface area contributed by atoms with E-state index in [9.17, 15) is 0 Å². The van der Waals surface area contributed by atoms with E-state index < -0.39 is 0 Å². The first-order valence-corrected chi connectivity index (χ1v) is 6.66. The fourth-order valence-corrected chi connectivity index (χ4v) is 2.16. The summed E-state index contributed by atoms with van der Waals surface area (Å²) in [7, 11) is 0. The van der Waals surface area contributed by atoms with E-state index in [1.54, 1.807) is 6.07 Å². The van der Waals surface area contributed by atoms with Crippen molar-refractivity contribution in [2.45, 2.75) is 26.3 Å². The zero-order valence-electron chi connectivity index (χ0n) is 10.2. The standard InChI is InChI=1S/C13H15Cl2N3/c1-2-3-7-18-8-11(16)13(17-18)9-5-4-6-10(14)12(9)15/h4-6,8H,2-3,7,16H2,1H3. The van der Waals surface area contributed by atoms with Crippen LogP contribution in [0.25, 0.3) is 11.3 Å². The highest BCUT2D eigenvalue weighted by Crippen LogP contribution is 2.35. The van der Waals surface area contributed by atoms with Crippen molar-refractivity contribution >= 4 is 28.9 Å². The monoisotopic (exact) mass is 283 g/mol. The summed E-state index contributed by atoms with van der Waals surface area (Å²) < 4.78 is 1.85. The van der Waals surface area contributed by atoms with Crippen LogP contribution in [0.2, 0.25) is 10.0 Å². The Hall–Kier alpha value is -1.19. The van der Waals surface area contributed by atoms with Gasteiger partial charge in [0.05, 0.1) is 15.7 Å². The van der Waals surface area contributed by atoms with Gasteiger partial charge < -0.3 is 5.73 Å². The van der Waals surface area contributed by atoms with Crippen LogP contribution in [-0.2, 0) is 6.54 Å². The summed E-state index contributed by atoms with van der Waals surface area (Å²) in [6.45, 7) is 3.00. The number of benzene rings is 1. The van der Waals surface area contributed by atoms with Crippen LogP contribution < -0.4 is 5.73 Å². The van der Waals surface area contributed by atoms with Crippen molar-refractivity contribution in [1.82, 2.24) is 9.78 Å². The number of nitrogens with zero attached hydrogens (tertiary/aromatic N) is 2. The van der Waals surface area contributed by atoms with E-state index in [4.69, 9.17) is 28.9 Å². The van der Waals surface area contributed by atoms with E-state index in [1.807, 2.05) is 23.0 Å². The third-order valence-electron chi connectivity index (χ3n) is 2.74. The molecule has 3 nitrogen and oxygen atoms in total. The van der Waals surface area contributed by atoms with Crippen LogP contribution in [0.5, 0.6) is 0 Å². The summed E-state index contributed by atoms with van der Waals surface area (Å²) in [4.78, 5) is 0.